The van der Waals surface area contributed by atoms with Crippen molar-refractivity contribution >= 4 is 46.1 Å². The average Bonchev–Trinajstić information content (AvgIpc) is 3.35. The van der Waals surface area contributed by atoms with Crippen molar-refractivity contribution in [2.24, 2.45) is 0 Å². The van der Waals surface area contributed by atoms with Gasteiger partial charge in [0.25, 0.3) is 0 Å². The van der Waals surface area contributed by atoms with Gasteiger partial charge in [-0.25, -0.2) is 9.59 Å². The summed E-state index contributed by atoms with van der Waals surface area (Å²) in [6.45, 7) is 9.65. The molecule has 2 N–H and O–H groups in total. The van der Waals surface area contributed by atoms with Crippen LogP contribution in [0.5, 0.6) is 11.5 Å². The number of nitrogens with zero attached hydrogens (tertiary/aromatic N) is 2. The summed E-state index contributed by atoms with van der Waals surface area (Å²) in [6.07, 6.45) is 3.37. The van der Waals surface area contributed by atoms with E-state index in [1.807, 2.05) is 0 Å². The first kappa shape index (κ1) is 46.4. The third-order valence-corrected chi connectivity index (χ3v) is 12.1. The molecule has 8 rings (SSSR count). The van der Waals surface area contributed by atoms with Crippen molar-refractivity contribution in [1.29, 1.82) is 0 Å². The van der Waals surface area contributed by atoms with Crippen LogP contribution in [0.15, 0.2) is 182 Å². The molecule has 0 aliphatic rings. The molecular formula is C60H56N2O6. The first-order valence-corrected chi connectivity index (χ1v) is 23.0. The molecule has 0 aliphatic heterocycles. The van der Waals surface area contributed by atoms with Crippen molar-refractivity contribution in [3.8, 4) is 22.6 Å². The first-order valence-electron chi connectivity index (χ1n) is 23.0. The zero-order valence-electron chi connectivity index (χ0n) is 39.0. The minimum atomic E-state index is -0.949. The number of rotatable bonds is 19. The van der Waals surface area contributed by atoms with Crippen LogP contribution in [0.4, 0.5) is 34.1 Å². The minimum absolute atomic E-state index is 0.244. The third kappa shape index (κ3) is 11.5. The van der Waals surface area contributed by atoms with E-state index in [0.29, 0.717) is 24.7 Å². The Morgan fingerprint density at radius 2 is 0.735 bits per heavy atom. The molecule has 8 nitrogen and oxygen atoms in total. The topological polar surface area (TPSA) is 99.5 Å². The molecular weight excluding hydrogens is 845 g/mol. The number of aryl methyl sites for hydroxylation is 6. The number of carboxylic acid groups (broad SMARTS) is 2. The molecule has 0 aromatic heterocycles. The molecule has 8 aromatic carbocycles. The summed E-state index contributed by atoms with van der Waals surface area (Å²) in [5, 5.41) is 18.3. The Morgan fingerprint density at radius 1 is 0.412 bits per heavy atom. The van der Waals surface area contributed by atoms with E-state index >= 15 is 0 Å². The van der Waals surface area contributed by atoms with Crippen LogP contribution in [0.3, 0.4) is 0 Å². The monoisotopic (exact) mass is 900 g/mol. The lowest BCUT2D eigenvalue weighted by Gasteiger charge is -2.28. The molecule has 0 saturated heterocycles. The zero-order valence-corrected chi connectivity index (χ0v) is 39.0. The molecule has 0 radical (unpaired) electrons. The lowest BCUT2D eigenvalue weighted by Crippen LogP contribution is -2.12. The Kier molecular flexibility index (Phi) is 14.7. The van der Waals surface area contributed by atoms with Crippen LogP contribution < -0.4 is 19.3 Å². The molecule has 8 aromatic rings. The molecule has 0 spiro atoms. The van der Waals surface area contributed by atoms with Gasteiger partial charge in [-0.3, -0.25) is 0 Å². The van der Waals surface area contributed by atoms with Crippen molar-refractivity contribution in [1.82, 2.24) is 0 Å². The molecule has 0 aliphatic carbocycles. The summed E-state index contributed by atoms with van der Waals surface area (Å²) in [7, 11) is 0. The van der Waals surface area contributed by atoms with Gasteiger partial charge in [-0.2, -0.15) is 0 Å². The maximum absolute atomic E-state index is 11.2. The molecule has 0 atom stereocenters. The predicted octanol–water partition coefficient (Wildman–Crippen LogP) is 14.9. The minimum Gasteiger partial charge on any atom is -0.494 e. The summed E-state index contributed by atoms with van der Waals surface area (Å²) in [5.41, 5.74) is 16.5. The second-order valence-corrected chi connectivity index (χ2v) is 17.2. The highest BCUT2D eigenvalue weighted by Gasteiger charge is 2.18. The van der Waals surface area contributed by atoms with Gasteiger partial charge < -0.3 is 29.5 Å². The maximum atomic E-state index is 11.2. The number of anilines is 6. The fraction of sp³-hybridized carbons (Fsp3) is 0.167. The SMILES string of the molecule is Cc1ccc(N(c2ccc(CCCOc3ccc(C(=O)O)cc3)cc2)c2ccc(-c3ccc(N(c4ccc(C)cc4)c4ccc(CCCOc5ccc(C(=O)O)cc5)cc4)c(C)c3)cc2C)cc1. The first-order chi connectivity index (χ1) is 33.0. The molecule has 0 saturated carbocycles. The maximum Gasteiger partial charge on any atom is 0.335 e. The van der Waals surface area contributed by atoms with Crippen molar-refractivity contribution in [2.75, 3.05) is 23.0 Å². The number of carboxylic acids is 2. The fourth-order valence-electron chi connectivity index (χ4n) is 8.36. The smallest absolute Gasteiger partial charge is 0.335 e. The van der Waals surface area contributed by atoms with Crippen molar-refractivity contribution in [2.45, 2.75) is 53.4 Å². The van der Waals surface area contributed by atoms with E-state index in [9.17, 15) is 9.59 Å². The van der Waals surface area contributed by atoms with Gasteiger partial charge in [0, 0.05) is 34.1 Å². The Balaban J connectivity index is 0.973. The van der Waals surface area contributed by atoms with E-state index in [1.54, 1.807) is 48.5 Å². The zero-order chi connectivity index (χ0) is 47.6. The van der Waals surface area contributed by atoms with Gasteiger partial charge >= 0.3 is 11.9 Å². The second-order valence-electron chi connectivity index (χ2n) is 17.2. The van der Waals surface area contributed by atoms with E-state index in [2.05, 4.69) is 171 Å². The Hall–Kier alpha value is -8.10. The Bertz CT molecular complexity index is 2760. The summed E-state index contributed by atoms with van der Waals surface area (Å²) in [5.74, 6) is -0.568. The number of benzene rings is 8. The number of carbonyl (C=O) groups is 2. The summed E-state index contributed by atoms with van der Waals surface area (Å²) >= 11 is 0. The number of aromatic carboxylic acids is 2. The van der Waals surface area contributed by atoms with E-state index in [0.717, 1.165) is 82.1 Å². The van der Waals surface area contributed by atoms with Crippen LogP contribution >= 0.6 is 0 Å². The molecule has 0 bridgehead atoms. The Morgan fingerprint density at radius 3 is 1.04 bits per heavy atom. The quantitative estimate of drug-likeness (QED) is 0.0774. The summed E-state index contributed by atoms with van der Waals surface area (Å²) in [6, 6.07) is 61.3. The van der Waals surface area contributed by atoms with Gasteiger partial charge in [0.2, 0.25) is 0 Å². The molecule has 0 fully saturated rings. The van der Waals surface area contributed by atoms with Gasteiger partial charge in [0.05, 0.1) is 24.3 Å². The highest BCUT2D eigenvalue weighted by atomic mass is 16.5. The molecule has 68 heavy (non-hydrogen) atoms. The van der Waals surface area contributed by atoms with Gasteiger partial charge in [-0.1, -0.05) is 71.8 Å². The summed E-state index contributed by atoms with van der Waals surface area (Å²) < 4.78 is 11.8. The fourth-order valence-corrected chi connectivity index (χ4v) is 8.36. The van der Waals surface area contributed by atoms with Gasteiger partial charge in [-0.05, 0) is 208 Å². The summed E-state index contributed by atoms with van der Waals surface area (Å²) in [4.78, 5) is 27.0. The van der Waals surface area contributed by atoms with Crippen LogP contribution in [0, 0.1) is 27.7 Å². The highest BCUT2D eigenvalue weighted by molar-refractivity contribution is 5.88. The Labute approximate surface area is 399 Å². The van der Waals surface area contributed by atoms with Crippen molar-refractivity contribution in [3.05, 3.63) is 226 Å². The van der Waals surface area contributed by atoms with Gasteiger partial charge in [-0.15, -0.1) is 0 Å². The number of ether oxygens (including phenoxy) is 2. The average molecular weight is 901 g/mol. The van der Waals surface area contributed by atoms with E-state index in [4.69, 9.17) is 19.7 Å². The van der Waals surface area contributed by atoms with E-state index in [-0.39, 0.29) is 11.1 Å². The van der Waals surface area contributed by atoms with Crippen LogP contribution in [0.2, 0.25) is 0 Å². The molecule has 0 unspecified atom stereocenters. The largest absolute Gasteiger partial charge is 0.494 e. The lowest BCUT2D eigenvalue weighted by molar-refractivity contribution is 0.0686. The van der Waals surface area contributed by atoms with Gasteiger partial charge in [0.1, 0.15) is 11.5 Å². The standard InChI is InChI=1S/C60H56N2O6/c1-41-9-23-51(24-10-41)61(53-27-13-45(14-28-53)7-5-37-67-55-31-17-47(18-32-55)59(63)64)57-35-21-49(39-43(57)3)50-22-36-58(44(4)40-50)62(52-25-11-42(2)12-26-52)54-29-15-46(16-30-54)8-6-38-68-56-33-19-48(20-34-56)60(65)66/h9-36,39-40H,5-8,37-38H2,1-4H3,(H,63,64)(H,65,66). The van der Waals surface area contributed by atoms with Crippen LogP contribution in [-0.4, -0.2) is 35.4 Å². The van der Waals surface area contributed by atoms with E-state index in [1.165, 1.54) is 22.3 Å². The molecule has 0 amide bonds. The predicted molar refractivity (Wildman–Crippen MR) is 275 cm³/mol. The van der Waals surface area contributed by atoms with Gasteiger partial charge in [0.15, 0.2) is 0 Å². The van der Waals surface area contributed by atoms with Crippen LogP contribution in [-0.2, 0) is 12.8 Å². The van der Waals surface area contributed by atoms with Crippen molar-refractivity contribution in [3.63, 3.8) is 0 Å². The van der Waals surface area contributed by atoms with Crippen LogP contribution in [0.25, 0.3) is 11.1 Å². The molecule has 8 heteroatoms. The van der Waals surface area contributed by atoms with E-state index < -0.39 is 11.9 Å². The van der Waals surface area contributed by atoms with Crippen molar-refractivity contribution < 1.29 is 29.3 Å². The number of hydrogen-bond acceptors (Lipinski definition) is 6. The van der Waals surface area contributed by atoms with Crippen LogP contribution in [0.1, 0.15) is 66.9 Å². The number of hydrogen-bond donors (Lipinski definition) is 2. The third-order valence-electron chi connectivity index (χ3n) is 12.1. The normalized spacial score (nSPS) is 10.9. The second kappa shape index (κ2) is 21.5. The molecule has 342 valence electrons. The lowest BCUT2D eigenvalue weighted by atomic mass is 9.98. The molecule has 0 heterocycles. The highest BCUT2D eigenvalue weighted by Crippen LogP contribution is 2.41.